The van der Waals surface area contributed by atoms with Gasteiger partial charge in [-0.25, -0.2) is 9.86 Å². The van der Waals surface area contributed by atoms with Crippen LogP contribution in [0.5, 0.6) is 0 Å². The average Bonchev–Trinajstić information content (AvgIpc) is 2.70. The average molecular weight is 206 g/mol. The molecule has 0 atom stereocenters. The highest BCUT2D eigenvalue weighted by Gasteiger charge is 2.26. The molecule has 1 aromatic rings. The molecule has 0 radical (unpaired) electrons. The number of para-hydroxylation sites is 1. The Morgan fingerprint density at radius 3 is 2.93 bits per heavy atom. The zero-order chi connectivity index (χ0) is 10.8. The summed E-state index contributed by atoms with van der Waals surface area (Å²) in [5.74, 6) is 0. The summed E-state index contributed by atoms with van der Waals surface area (Å²) in [7, 11) is 3.10. The molecule has 0 fully saturated rings. The van der Waals surface area contributed by atoms with Gasteiger partial charge in [-0.05, 0) is 18.1 Å². The lowest BCUT2D eigenvalue weighted by molar-refractivity contribution is -0.0621. The minimum absolute atomic E-state index is 0.123. The third-order valence-corrected chi connectivity index (χ3v) is 2.66. The van der Waals surface area contributed by atoms with Gasteiger partial charge in [0.1, 0.15) is 0 Å². The molecule has 0 N–H and O–H groups in total. The van der Waals surface area contributed by atoms with E-state index in [-0.39, 0.29) is 6.03 Å². The molecule has 0 unspecified atom stereocenters. The topological polar surface area (TPSA) is 32.8 Å². The van der Waals surface area contributed by atoms with Crippen LogP contribution in [-0.2, 0) is 11.3 Å². The molecular weight excluding hydrogens is 192 g/mol. The van der Waals surface area contributed by atoms with E-state index < -0.39 is 0 Å². The Morgan fingerprint density at radius 1 is 1.47 bits per heavy atom. The number of carbonyl (C=O) groups excluding carboxylic acids is 1. The van der Waals surface area contributed by atoms with E-state index in [4.69, 9.17) is 4.84 Å². The van der Waals surface area contributed by atoms with Gasteiger partial charge < -0.3 is 0 Å². The van der Waals surface area contributed by atoms with Gasteiger partial charge in [-0.15, -0.1) is 0 Å². The summed E-state index contributed by atoms with van der Waals surface area (Å²) >= 11 is 0. The number of hydroxylamine groups is 2. The van der Waals surface area contributed by atoms with Crippen LogP contribution in [-0.4, -0.2) is 31.8 Å². The highest BCUT2D eigenvalue weighted by Crippen LogP contribution is 2.27. The molecule has 0 spiro atoms. The molecule has 0 bridgehead atoms. The molecule has 0 aromatic heterocycles. The normalized spacial score (nSPS) is 13.9. The zero-order valence-corrected chi connectivity index (χ0v) is 8.93. The lowest BCUT2D eigenvalue weighted by Gasteiger charge is -2.22. The molecule has 0 saturated carbocycles. The molecule has 1 heterocycles. The van der Waals surface area contributed by atoms with Crippen molar-refractivity contribution >= 4 is 11.7 Å². The van der Waals surface area contributed by atoms with Gasteiger partial charge in [-0.1, -0.05) is 18.2 Å². The fraction of sp³-hybridized carbons (Fsp3) is 0.364. The number of amides is 2. The number of benzene rings is 1. The van der Waals surface area contributed by atoms with Crippen LogP contribution in [0.15, 0.2) is 24.3 Å². The van der Waals surface area contributed by atoms with Crippen molar-refractivity contribution in [1.82, 2.24) is 5.06 Å². The Balaban J connectivity index is 2.24. The first-order valence-electron chi connectivity index (χ1n) is 4.91. The Hall–Kier alpha value is -1.55. The predicted molar refractivity (Wildman–Crippen MR) is 57.7 cm³/mol. The van der Waals surface area contributed by atoms with E-state index in [0.29, 0.717) is 0 Å². The van der Waals surface area contributed by atoms with Crippen LogP contribution in [0.2, 0.25) is 0 Å². The van der Waals surface area contributed by atoms with E-state index in [1.54, 1.807) is 11.9 Å². The SMILES string of the molecule is CON(C)C(=O)N1CCc2ccccc21. The van der Waals surface area contributed by atoms with Crippen molar-refractivity contribution in [1.29, 1.82) is 0 Å². The van der Waals surface area contributed by atoms with Crippen molar-refractivity contribution in [2.24, 2.45) is 0 Å². The smallest absolute Gasteiger partial charge is 0.292 e. The predicted octanol–water partition coefficient (Wildman–Crippen LogP) is 1.66. The molecule has 2 rings (SSSR count). The standard InChI is InChI=1S/C11H14N2O2/c1-12(15-2)11(14)13-8-7-9-5-3-4-6-10(9)13/h3-6H,7-8H2,1-2H3. The molecule has 80 valence electrons. The van der Waals surface area contributed by atoms with Crippen LogP contribution in [0.3, 0.4) is 0 Å². The molecule has 0 saturated heterocycles. The summed E-state index contributed by atoms with van der Waals surface area (Å²) in [6, 6.07) is 7.82. The number of anilines is 1. The van der Waals surface area contributed by atoms with E-state index in [0.717, 1.165) is 18.7 Å². The number of fused-ring (bicyclic) bond motifs is 1. The number of rotatable bonds is 1. The molecule has 1 aromatic carbocycles. The number of nitrogens with zero attached hydrogens (tertiary/aromatic N) is 2. The summed E-state index contributed by atoms with van der Waals surface area (Å²) in [4.78, 5) is 18.5. The summed E-state index contributed by atoms with van der Waals surface area (Å²) in [6.07, 6.45) is 0.916. The molecule has 2 amide bonds. The van der Waals surface area contributed by atoms with E-state index in [2.05, 4.69) is 6.07 Å². The fourth-order valence-electron chi connectivity index (χ4n) is 1.79. The highest BCUT2D eigenvalue weighted by molar-refractivity contribution is 5.93. The van der Waals surface area contributed by atoms with Crippen LogP contribution in [0.1, 0.15) is 5.56 Å². The van der Waals surface area contributed by atoms with Crippen molar-refractivity contribution in [3.63, 3.8) is 0 Å². The van der Waals surface area contributed by atoms with Crippen LogP contribution in [0.4, 0.5) is 10.5 Å². The highest BCUT2D eigenvalue weighted by atomic mass is 16.7. The maximum Gasteiger partial charge on any atom is 0.348 e. The Kier molecular flexibility index (Phi) is 2.60. The third kappa shape index (κ3) is 1.68. The second kappa shape index (κ2) is 3.90. The van der Waals surface area contributed by atoms with Crippen molar-refractivity contribution in [3.05, 3.63) is 29.8 Å². The van der Waals surface area contributed by atoms with Crippen molar-refractivity contribution in [2.75, 3.05) is 25.6 Å². The molecule has 15 heavy (non-hydrogen) atoms. The fourth-order valence-corrected chi connectivity index (χ4v) is 1.79. The Morgan fingerprint density at radius 2 is 2.20 bits per heavy atom. The van der Waals surface area contributed by atoms with E-state index >= 15 is 0 Å². The lowest BCUT2D eigenvalue weighted by Crippen LogP contribution is -2.39. The summed E-state index contributed by atoms with van der Waals surface area (Å²) in [5, 5.41) is 1.24. The second-order valence-electron chi connectivity index (χ2n) is 3.49. The first-order valence-corrected chi connectivity index (χ1v) is 4.91. The Bertz CT molecular complexity index is 379. The van der Waals surface area contributed by atoms with Crippen molar-refractivity contribution in [2.45, 2.75) is 6.42 Å². The zero-order valence-electron chi connectivity index (χ0n) is 8.93. The largest absolute Gasteiger partial charge is 0.348 e. The van der Waals surface area contributed by atoms with Crippen LogP contribution in [0.25, 0.3) is 0 Å². The van der Waals surface area contributed by atoms with Gasteiger partial charge in [0.05, 0.1) is 7.11 Å². The molecule has 0 aliphatic carbocycles. The molecule has 1 aliphatic rings. The van der Waals surface area contributed by atoms with E-state index in [1.165, 1.54) is 17.7 Å². The summed E-state index contributed by atoms with van der Waals surface area (Å²) < 4.78 is 0. The third-order valence-electron chi connectivity index (χ3n) is 2.66. The van der Waals surface area contributed by atoms with Crippen molar-refractivity contribution < 1.29 is 9.63 Å². The lowest BCUT2D eigenvalue weighted by atomic mass is 10.2. The van der Waals surface area contributed by atoms with E-state index in [1.807, 2.05) is 18.2 Å². The van der Waals surface area contributed by atoms with Gasteiger partial charge in [0.25, 0.3) is 0 Å². The second-order valence-corrected chi connectivity index (χ2v) is 3.49. The monoisotopic (exact) mass is 206 g/mol. The van der Waals surface area contributed by atoms with Gasteiger partial charge in [0, 0.05) is 19.3 Å². The van der Waals surface area contributed by atoms with E-state index in [9.17, 15) is 4.79 Å². The van der Waals surface area contributed by atoms with Crippen LogP contribution >= 0.6 is 0 Å². The maximum absolute atomic E-state index is 11.9. The number of urea groups is 1. The molecule has 4 heteroatoms. The number of carbonyl (C=O) groups is 1. The number of hydrogen-bond acceptors (Lipinski definition) is 2. The van der Waals surface area contributed by atoms with Gasteiger partial charge in [-0.2, -0.15) is 0 Å². The quantitative estimate of drug-likeness (QED) is 0.655. The van der Waals surface area contributed by atoms with Gasteiger partial charge in [0.15, 0.2) is 0 Å². The molecule has 4 nitrogen and oxygen atoms in total. The van der Waals surface area contributed by atoms with Crippen LogP contribution in [0, 0.1) is 0 Å². The number of hydrogen-bond donors (Lipinski definition) is 0. The van der Waals surface area contributed by atoms with Gasteiger partial charge in [-0.3, -0.25) is 9.74 Å². The minimum Gasteiger partial charge on any atom is -0.292 e. The molecular formula is C11H14N2O2. The van der Waals surface area contributed by atoms with Crippen LogP contribution < -0.4 is 4.90 Å². The van der Waals surface area contributed by atoms with Gasteiger partial charge >= 0.3 is 6.03 Å². The minimum atomic E-state index is -0.123. The summed E-state index contributed by atoms with van der Waals surface area (Å²) in [5.41, 5.74) is 2.21. The summed E-state index contributed by atoms with van der Waals surface area (Å²) in [6.45, 7) is 0.728. The maximum atomic E-state index is 11.9. The van der Waals surface area contributed by atoms with Gasteiger partial charge in [0.2, 0.25) is 0 Å². The first kappa shape index (κ1) is 9.98. The first-order chi connectivity index (χ1) is 7.24. The Labute approximate surface area is 89.0 Å². The molecule has 1 aliphatic heterocycles. The van der Waals surface area contributed by atoms with Crippen molar-refractivity contribution in [3.8, 4) is 0 Å².